The van der Waals surface area contributed by atoms with Crippen LogP contribution in [-0.2, 0) is 21.1 Å². The van der Waals surface area contributed by atoms with Crippen LogP contribution in [0.5, 0.6) is 0 Å². The first-order valence-electron chi connectivity index (χ1n) is 31.6. The van der Waals surface area contributed by atoms with E-state index < -0.39 is 0 Å². The van der Waals surface area contributed by atoms with E-state index in [0.717, 1.165) is 151 Å². The molecule has 3 aliphatic rings. The maximum Gasteiger partial charge on any atom is 0.260 e. The number of benzene rings is 3. The molecule has 0 unspecified atom stereocenters. The van der Waals surface area contributed by atoms with E-state index in [-0.39, 0.29) is 16.7 Å². The number of nitrogens with zero attached hydrogens (tertiary/aromatic N) is 12. The summed E-state index contributed by atoms with van der Waals surface area (Å²) >= 11 is 19.2. The van der Waals surface area contributed by atoms with Gasteiger partial charge in [0.2, 0.25) is 17.8 Å². The zero-order chi connectivity index (χ0) is 66.4. The van der Waals surface area contributed by atoms with Crippen LogP contribution in [0, 0.1) is 17.8 Å². The zero-order valence-corrected chi connectivity index (χ0v) is 56.7. The molecule has 0 saturated carbocycles. The zero-order valence-electron chi connectivity index (χ0n) is 54.4. The number of allylic oxidation sites excluding steroid dienone is 1. The van der Waals surface area contributed by atoms with E-state index in [1.807, 2.05) is 79.7 Å². The Kier molecular flexibility index (Phi) is 21.1. The lowest BCUT2D eigenvalue weighted by molar-refractivity contribution is 0.392. The highest BCUT2D eigenvalue weighted by molar-refractivity contribution is 6.33. The van der Waals surface area contributed by atoms with Crippen molar-refractivity contribution in [3.63, 3.8) is 0 Å². The number of fused-ring (bicyclic) bond motifs is 3. The molecule has 0 atom stereocenters. The van der Waals surface area contributed by atoms with E-state index >= 15 is 0 Å². The molecule has 0 radical (unpaired) electrons. The van der Waals surface area contributed by atoms with Crippen molar-refractivity contribution in [2.24, 2.45) is 38.9 Å². The highest BCUT2D eigenvalue weighted by atomic mass is 35.5. The minimum absolute atomic E-state index is 0.0463. The van der Waals surface area contributed by atoms with Crippen LogP contribution in [0.15, 0.2) is 126 Å². The predicted octanol–water partition coefficient (Wildman–Crippen LogP) is 13.7. The Hall–Kier alpha value is -8.98. The Bertz CT molecular complexity index is 4490. The van der Waals surface area contributed by atoms with E-state index in [4.69, 9.17) is 39.8 Å². The lowest BCUT2D eigenvalue weighted by atomic mass is 9.95. The SMILES string of the molecule is C=C(C)c1cc2cc(Nc3nc(N4CCC(C)CC4)ncc3Cl)ccc2n(C)c1=O.C=C(NC)c1cc2cc(Nc3nc(N4CCC(C)CC4)ncc3Cl)ccc2n(C)c1=O.C=C(NC)c1cc2cc(Nc3nc(N4CCC(CC)CC4)ncc3Cl)ccc2n(C)c1=O. The van der Waals surface area contributed by atoms with Crippen molar-refractivity contribution in [2.45, 2.75) is 72.6 Å². The second-order valence-electron chi connectivity index (χ2n) is 24.5. The van der Waals surface area contributed by atoms with Crippen molar-refractivity contribution in [1.82, 2.24) is 54.2 Å². The number of piperidine rings is 3. The summed E-state index contributed by atoms with van der Waals surface area (Å²) in [5, 5.41) is 20.0. The van der Waals surface area contributed by atoms with Crippen LogP contribution in [0.4, 0.5) is 52.4 Å². The van der Waals surface area contributed by atoms with E-state index in [1.165, 1.54) is 6.42 Å². The first-order chi connectivity index (χ1) is 44.6. The van der Waals surface area contributed by atoms with Crippen LogP contribution in [-0.4, -0.2) is 97.0 Å². The lowest BCUT2D eigenvalue weighted by Gasteiger charge is -2.31. The molecule has 6 aromatic heterocycles. The fourth-order valence-corrected chi connectivity index (χ4v) is 12.3. The van der Waals surface area contributed by atoms with Crippen LogP contribution in [0.1, 0.15) is 89.3 Å². The maximum absolute atomic E-state index is 12.6. The van der Waals surface area contributed by atoms with Gasteiger partial charge in [-0.3, -0.25) is 14.4 Å². The number of halogens is 3. The summed E-state index contributed by atoms with van der Waals surface area (Å²) in [6, 6.07) is 23.0. The molecule has 0 bridgehead atoms. The molecule has 20 nitrogen and oxygen atoms in total. The lowest BCUT2D eigenvalue weighted by Crippen LogP contribution is -2.34. The van der Waals surface area contributed by atoms with E-state index in [9.17, 15) is 14.4 Å². The third-order valence-corrected chi connectivity index (χ3v) is 18.8. The normalized spacial score (nSPS) is 14.7. The Morgan fingerprint density at radius 1 is 0.484 bits per heavy atom. The second kappa shape index (κ2) is 29.3. The van der Waals surface area contributed by atoms with E-state index in [1.54, 1.807) is 67.5 Å². The molecule has 486 valence electrons. The van der Waals surface area contributed by atoms with Gasteiger partial charge in [0.25, 0.3) is 16.7 Å². The quantitative estimate of drug-likeness (QED) is 0.0645. The van der Waals surface area contributed by atoms with Gasteiger partial charge in [-0.2, -0.15) is 15.0 Å². The Morgan fingerprint density at radius 2 is 0.785 bits per heavy atom. The fraction of sp³-hybridized carbons (Fsp3) is 0.357. The molecule has 12 rings (SSSR count). The molecule has 9 aromatic rings. The molecule has 23 heteroatoms. The average molecular weight is 1320 g/mol. The molecule has 0 amide bonds. The summed E-state index contributed by atoms with van der Waals surface area (Å²) in [6.45, 7) is 26.2. The van der Waals surface area contributed by atoms with Crippen molar-refractivity contribution in [2.75, 3.05) is 84.0 Å². The molecule has 3 fully saturated rings. The molecule has 0 spiro atoms. The van der Waals surface area contributed by atoms with Gasteiger partial charge in [0.15, 0.2) is 17.5 Å². The van der Waals surface area contributed by atoms with Gasteiger partial charge in [0.05, 0.1) is 46.3 Å². The van der Waals surface area contributed by atoms with Crippen LogP contribution < -0.4 is 58.0 Å². The molecule has 0 aliphatic carbocycles. The van der Waals surface area contributed by atoms with Crippen molar-refractivity contribution in [3.8, 4) is 0 Å². The largest absolute Gasteiger partial charge is 0.388 e. The number of nitrogens with one attached hydrogen (secondary N) is 5. The molecular weight excluding hydrogens is 1230 g/mol. The summed E-state index contributed by atoms with van der Waals surface area (Å²) in [5.74, 6) is 6.05. The first kappa shape index (κ1) is 66.9. The van der Waals surface area contributed by atoms with Gasteiger partial charge < -0.3 is 55.0 Å². The topological polar surface area (TPSA) is 213 Å². The number of aryl methyl sites for hydroxylation is 3. The third-order valence-electron chi connectivity index (χ3n) is 18.0. The number of pyridine rings is 3. The number of hydrogen-bond acceptors (Lipinski definition) is 17. The maximum atomic E-state index is 12.6. The molecule has 3 aliphatic heterocycles. The van der Waals surface area contributed by atoms with Gasteiger partial charge in [-0.1, -0.05) is 81.7 Å². The molecular formula is C70H82Cl3N17O3. The highest BCUT2D eigenvalue weighted by Crippen LogP contribution is 2.33. The van der Waals surface area contributed by atoms with Crippen LogP contribution in [0.25, 0.3) is 49.7 Å². The summed E-state index contributed by atoms with van der Waals surface area (Å²) in [4.78, 5) is 71.8. The Labute approximate surface area is 557 Å². The van der Waals surface area contributed by atoms with Gasteiger partial charge in [0.1, 0.15) is 15.1 Å². The van der Waals surface area contributed by atoms with Gasteiger partial charge in [-0.25, -0.2) is 15.0 Å². The molecule has 93 heavy (non-hydrogen) atoms. The monoisotopic (exact) mass is 1310 g/mol. The summed E-state index contributed by atoms with van der Waals surface area (Å²) < 4.78 is 4.91. The van der Waals surface area contributed by atoms with Crippen molar-refractivity contribution in [3.05, 3.63) is 174 Å². The number of aromatic nitrogens is 9. The molecule has 3 saturated heterocycles. The van der Waals surface area contributed by atoms with Gasteiger partial charge >= 0.3 is 0 Å². The summed E-state index contributed by atoms with van der Waals surface area (Å²) in [5.41, 5.74) is 8.39. The predicted molar refractivity (Wildman–Crippen MR) is 386 cm³/mol. The van der Waals surface area contributed by atoms with Crippen LogP contribution >= 0.6 is 34.8 Å². The van der Waals surface area contributed by atoms with E-state index in [2.05, 4.69) is 107 Å². The second-order valence-corrected chi connectivity index (χ2v) is 25.7. The number of anilines is 9. The fourth-order valence-electron chi connectivity index (χ4n) is 11.9. The third kappa shape index (κ3) is 15.3. The minimum atomic E-state index is -0.0908. The van der Waals surface area contributed by atoms with E-state index in [0.29, 0.717) is 78.5 Å². The first-order valence-corrected chi connectivity index (χ1v) is 32.7. The molecule has 5 N–H and O–H groups in total. The van der Waals surface area contributed by atoms with Crippen LogP contribution in [0.3, 0.4) is 0 Å². The standard InChI is InChI=1S/C24H29ClN6O.C23H27ClN6O.C23H26ClN5O/c1-5-16-8-10-31(11-9-16)24-27-14-20(25)22(29-24)28-18-6-7-21-17(12-18)13-19(15(2)26-3)23(32)30(21)4;1-14-7-9-30(10-8-14)23-26-13-19(24)21(28-23)27-17-5-6-20-16(11-17)12-18(15(2)25-3)22(31)29(20)4;1-14(2)18-12-16-11-17(5-6-20(16)28(4)22(18)30)26-21-19(24)13-25-23(27-21)29-9-7-15(3)8-10-29/h6-7,12-14,16,26H,2,5,8-11H2,1,3-4H3,(H,27,28,29);5-6,11-14,25H,2,7-10H2,1,3-4H3,(H,26,27,28);5-6,11-13,15H,1,7-10H2,2-4H3,(H,25,26,27). The Balaban J connectivity index is 0.000000153. The molecule has 3 aromatic carbocycles. The van der Waals surface area contributed by atoms with Gasteiger partial charge in [-0.05, 0) is 142 Å². The van der Waals surface area contributed by atoms with Crippen molar-refractivity contribution in [1.29, 1.82) is 0 Å². The summed E-state index contributed by atoms with van der Waals surface area (Å²) in [6.07, 6.45) is 13.0. The molecule has 9 heterocycles. The van der Waals surface area contributed by atoms with Gasteiger partial charge in [-0.15, -0.1) is 0 Å². The van der Waals surface area contributed by atoms with Gasteiger partial charge in [0, 0.05) is 125 Å². The van der Waals surface area contributed by atoms with Crippen LogP contribution in [0.2, 0.25) is 15.1 Å². The highest BCUT2D eigenvalue weighted by Gasteiger charge is 2.24. The smallest absolute Gasteiger partial charge is 0.260 e. The van der Waals surface area contributed by atoms with Crippen molar-refractivity contribution >= 4 is 137 Å². The minimum Gasteiger partial charge on any atom is -0.388 e. The Morgan fingerprint density at radius 3 is 1.09 bits per heavy atom. The van der Waals surface area contributed by atoms with Crippen molar-refractivity contribution < 1.29 is 0 Å². The average Bonchev–Trinajstić information content (AvgIpc) is 1.22. The number of rotatable bonds is 15. The number of hydrogen-bond donors (Lipinski definition) is 5. The summed E-state index contributed by atoms with van der Waals surface area (Å²) in [7, 11) is 8.80.